The lowest BCUT2D eigenvalue weighted by Crippen LogP contribution is -2.35. The molecule has 1 aromatic carbocycles. The fourth-order valence-corrected chi connectivity index (χ4v) is 2.77. The molecule has 1 aromatic heterocycles. The lowest BCUT2D eigenvalue weighted by Gasteiger charge is -2.21. The molecule has 0 bridgehead atoms. The summed E-state index contributed by atoms with van der Waals surface area (Å²) >= 11 is 0. The van der Waals surface area contributed by atoms with Crippen LogP contribution in [-0.2, 0) is 17.9 Å². The molecule has 1 amide bonds. The van der Waals surface area contributed by atoms with Crippen molar-refractivity contribution in [2.24, 2.45) is 0 Å². The lowest BCUT2D eigenvalue weighted by atomic mass is 10.2. The summed E-state index contributed by atoms with van der Waals surface area (Å²) in [4.78, 5) is 14.2. The van der Waals surface area contributed by atoms with Crippen molar-refractivity contribution in [2.45, 2.75) is 33.9 Å². The number of nitrogens with one attached hydrogen (secondary N) is 1. The summed E-state index contributed by atoms with van der Waals surface area (Å²) in [6, 6.07) is 6.13. The Morgan fingerprint density at radius 3 is 2.56 bits per heavy atom. The van der Waals surface area contributed by atoms with Crippen LogP contribution in [0, 0.1) is 19.7 Å². The van der Waals surface area contributed by atoms with Gasteiger partial charge in [0.05, 0.1) is 30.2 Å². The zero-order chi connectivity index (χ0) is 18.4. The molecular formula is C18H25FN4O2. The topological polar surface area (TPSA) is 70.4 Å². The van der Waals surface area contributed by atoms with Crippen LogP contribution < -0.4 is 5.32 Å². The summed E-state index contributed by atoms with van der Waals surface area (Å²) in [6.45, 7) is 7.41. The lowest BCUT2D eigenvalue weighted by molar-refractivity contribution is -0.117. The molecule has 0 saturated heterocycles. The number of aliphatic hydroxyl groups excluding tert-OH is 1. The van der Waals surface area contributed by atoms with Gasteiger partial charge < -0.3 is 10.4 Å². The number of hydrogen-bond donors (Lipinski definition) is 2. The Bertz CT molecular complexity index is 713. The summed E-state index contributed by atoms with van der Waals surface area (Å²) in [5.41, 5.74) is 3.31. The van der Waals surface area contributed by atoms with Crippen LogP contribution in [0.5, 0.6) is 0 Å². The Morgan fingerprint density at radius 2 is 2.00 bits per heavy atom. The van der Waals surface area contributed by atoms with Crippen LogP contribution in [0.15, 0.2) is 24.3 Å². The highest BCUT2D eigenvalue weighted by Crippen LogP contribution is 2.19. The highest BCUT2D eigenvalue weighted by atomic mass is 19.1. The monoisotopic (exact) mass is 348 g/mol. The predicted molar refractivity (Wildman–Crippen MR) is 94.8 cm³/mol. The van der Waals surface area contributed by atoms with Crippen LogP contribution in [0.2, 0.25) is 0 Å². The maximum absolute atomic E-state index is 13.0. The third-order valence-corrected chi connectivity index (χ3v) is 4.05. The summed E-state index contributed by atoms with van der Waals surface area (Å²) in [6.07, 6.45) is 0. The van der Waals surface area contributed by atoms with Crippen molar-refractivity contribution >= 4 is 11.6 Å². The first-order valence-electron chi connectivity index (χ1n) is 8.36. The van der Waals surface area contributed by atoms with Crippen molar-refractivity contribution in [1.29, 1.82) is 0 Å². The molecule has 25 heavy (non-hydrogen) atoms. The van der Waals surface area contributed by atoms with E-state index in [1.54, 1.807) is 12.1 Å². The Morgan fingerprint density at radius 1 is 1.32 bits per heavy atom. The van der Waals surface area contributed by atoms with Gasteiger partial charge >= 0.3 is 0 Å². The minimum absolute atomic E-state index is 0.0553. The van der Waals surface area contributed by atoms with Gasteiger partial charge in [0.25, 0.3) is 0 Å². The van der Waals surface area contributed by atoms with Crippen LogP contribution in [-0.4, -0.2) is 45.4 Å². The van der Waals surface area contributed by atoms with E-state index in [0.29, 0.717) is 13.1 Å². The Kier molecular flexibility index (Phi) is 6.66. The third-order valence-electron chi connectivity index (χ3n) is 4.05. The average Bonchev–Trinajstić information content (AvgIpc) is 2.84. The minimum atomic E-state index is -0.297. The maximum Gasteiger partial charge on any atom is 0.238 e. The van der Waals surface area contributed by atoms with Gasteiger partial charge in [0, 0.05) is 19.6 Å². The average molecular weight is 348 g/mol. The standard InChI is InChI=1S/C18H25FN4O2/c1-4-23-14(3)18(13(2)21-23)20-17(25)12-22(9-10-24)11-15-5-7-16(19)8-6-15/h5-8,24H,4,9-12H2,1-3H3,(H,20,25). The number of aryl methyl sites for hydroxylation is 2. The molecule has 0 aliphatic rings. The summed E-state index contributed by atoms with van der Waals surface area (Å²) < 4.78 is 14.8. The Labute approximate surface area is 147 Å². The van der Waals surface area contributed by atoms with Crippen molar-refractivity contribution in [1.82, 2.24) is 14.7 Å². The van der Waals surface area contributed by atoms with E-state index in [-0.39, 0.29) is 24.9 Å². The number of aliphatic hydroxyl groups is 1. The highest BCUT2D eigenvalue weighted by Gasteiger charge is 2.16. The zero-order valence-corrected chi connectivity index (χ0v) is 14.9. The number of nitrogens with zero attached hydrogens (tertiary/aromatic N) is 3. The highest BCUT2D eigenvalue weighted by molar-refractivity contribution is 5.93. The van der Waals surface area contributed by atoms with E-state index in [0.717, 1.165) is 29.2 Å². The molecule has 0 aliphatic carbocycles. The van der Waals surface area contributed by atoms with E-state index >= 15 is 0 Å². The van der Waals surface area contributed by atoms with Crippen LogP contribution in [0.3, 0.4) is 0 Å². The molecule has 0 fully saturated rings. The summed E-state index contributed by atoms with van der Waals surface area (Å²) in [5.74, 6) is -0.466. The van der Waals surface area contributed by atoms with Crippen molar-refractivity contribution in [3.05, 3.63) is 47.0 Å². The summed E-state index contributed by atoms with van der Waals surface area (Å²) in [7, 11) is 0. The number of amides is 1. The number of benzene rings is 1. The molecule has 1 heterocycles. The molecule has 2 rings (SSSR count). The molecule has 0 atom stereocenters. The molecular weight excluding hydrogens is 323 g/mol. The second-order valence-electron chi connectivity index (χ2n) is 5.97. The quantitative estimate of drug-likeness (QED) is 0.766. The maximum atomic E-state index is 13.0. The molecule has 0 unspecified atom stereocenters. The molecule has 136 valence electrons. The van der Waals surface area contributed by atoms with Gasteiger partial charge in [-0.05, 0) is 38.5 Å². The van der Waals surface area contributed by atoms with E-state index in [1.165, 1.54) is 12.1 Å². The van der Waals surface area contributed by atoms with Crippen molar-refractivity contribution in [2.75, 3.05) is 25.0 Å². The van der Waals surface area contributed by atoms with Gasteiger partial charge in [-0.25, -0.2) is 4.39 Å². The second kappa shape index (κ2) is 8.73. The number of halogens is 1. The van der Waals surface area contributed by atoms with Gasteiger partial charge in [-0.3, -0.25) is 14.4 Å². The Hall–Kier alpha value is -2.25. The molecule has 0 aliphatic heterocycles. The summed E-state index contributed by atoms with van der Waals surface area (Å²) in [5, 5.41) is 16.5. The largest absolute Gasteiger partial charge is 0.395 e. The van der Waals surface area contributed by atoms with Gasteiger partial charge in [-0.2, -0.15) is 5.10 Å². The number of aromatic nitrogens is 2. The fraction of sp³-hybridized carbons (Fsp3) is 0.444. The number of rotatable bonds is 8. The molecule has 2 N–H and O–H groups in total. The molecule has 2 aromatic rings. The Balaban J connectivity index is 2.02. The van der Waals surface area contributed by atoms with Crippen molar-refractivity contribution < 1.29 is 14.3 Å². The second-order valence-corrected chi connectivity index (χ2v) is 5.97. The molecule has 6 nitrogen and oxygen atoms in total. The van der Waals surface area contributed by atoms with Crippen LogP contribution in [0.1, 0.15) is 23.9 Å². The molecule has 0 saturated carbocycles. The van der Waals surface area contributed by atoms with E-state index in [1.807, 2.05) is 30.4 Å². The van der Waals surface area contributed by atoms with Gasteiger partial charge in [0.1, 0.15) is 5.82 Å². The predicted octanol–water partition coefficient (Wildman–Crippen LogP) is 2.09. The van der Waals surface area contributed by atoms with E-state index in [4.69, 9.17) is 0 Å². The fourth-order valence-electron chi connectivity index (χ4n) is 2.77. The number of carbonyl (C=O) groups excluding carboxylic acids is 1. The molecule has 7 heteroatoms. The minimum Gasteiger partial charge on any atom is -0.395 e. The number of anilines is 1. The molecule has 0 radical (unpaired) electrons. The first-order chi connectivity index (χ1) is 11.9. The van der Waals surface area contributed by atoms with Gasteiger partial charge in [-0.1, -0.05) is 12.1 Å². The molecule has 0 spiro atoms. The third kappa shape index (κ3) is 5.11. The van der Waals surface area contributed by atoms with Crippen LogP contribution in [0.25, 0.3) is 0 Å². The number of carbonyl (C=O) groups is 1. The normalized spacial score (nSPS) is 11.1. The van der Waals surface area contributed by atoms with Crippen LogP contribution in [0.4, 0.5) is 10.1 Å². The van der Waals surface area contributed by atoms with E-state index in [2.05, 4.69) is 10.4 Å². The van der Waals surface area contributed by atoms with E-state index in [9.17, 15) is 14.3 Å². The van der Waals surface area contributed by atoms with Gasteiger partial charge in [-0.15, -0.1) is 0 Å². The smallest absolute Gasteiger partial charge is 0.238 e. The van der Waals surface area contributed by atoms with Crippen molar-refractivity contribution in [3.8, 4) is 0 Å². The van der Waals surface area contributed by atoms with Gasteiger partial charge in [0.15, 0.2) is 0 Å². The van der Waals surface area contributed by atoms with Gasteiger partial charge in [0.2, 0.25) is 5.91 Å². The van der Waals surface area contributed by atoms with Crippen LogP contribution >= 0.6 is 0 Å². The zero-order valence-electron chi connectivity index (χ0n) is 14.9. The first-order valence-corrected chi connectivity index (χ1v) is 8.36. The number of hydrogen-bond acceptors (Lipinski definition) is 4. The SMILES string of the molecule is CCn1nc(C)c(NC(=O)CN(CCO)Cc2ccc(F)cc2)c1C. The van der Waals surface area contributed by atoms with E-state index < -0.39 is 0 Å². The van der Waals surface area contributed by atoms with Crippen molar-refractivity contribution in [3.63, 3.8) is 0 Å². The first kappa shape index (κ1) is 19.1.